The number of ether oxygens (including phenoxy) is 1. The Balaban J connectivity index is 1.97. The molecule has 0 aliphatic heterocycles. The van der Waals surface area contributed by atoms with Crippen LogP contribution in [0.25, 0.3) is 0 Å². The monoisotopic (exact) mass is 283 g/mol. The normalized spacial score (nSPS) is 15.7. The Labute approximate surface area is 115 Å². The topological polar surface area (TPSA) is 75.6 Å². The van der Waals surface area contributed by atoms with Gasteiger partial charge in [-0.2, -0.15) is 0 Å². The van der Waals surface area contributed by atoms with Crippen molar-refractivity contribution < 1.29 is 19.4 Å². The van der Waals surface area contributed by atoms with Gasteiger partial charge in [-0.1, -0.05) is 11.6 Å². The summed E-state index contributed by atoms with van der Waals surface area (Å²) >= 11 is 5.67. The van der Waals surface area contributed by atoms with Crippen molar-refractivity contribution in [2.45, 2.75) is 31.9 Å². The van der Waals surface area contributed by atoms with Crippen LogP contribution in [0.15, 0.2) is 18.2 Å². The standard InChI is InChI=1S/C13H14ClNO4/c1-7(12(17)15-9-3-4-9)19-13(18)10-5-2-8(14)6-11(10)16/h2,5-7,9,16H,3-4H2,1H3,(H,15,17)/t7-/m0/s1. The Bertz CT molecular complexity index is 513. The molecule has 1 amide bonds. The summed E-state index contributed by atoms with van der Waals surface area (Å²) in [6.07, 6.45) is 1.03. The Kier molecular flexibility index (Phi) is 3.95. The Hall–Kier alpha value is -1.75. The molecule has 1 aliphatic rings. The van der Waals surface area contributed by atoms with E-state index in [1.807, 2.05) is 0 Å². The van der Waals surface area contributed by atoms with E-state index < -0.39 is 12.1 Å². The highest BCUT2D eigenvalue weighted by Gasteiger charge is 2.27. The predicted molar refractivity (Wildman–Crippen MR) is 69.2 cm³/mol. The number of hydrogen-bond acceptors (Lipinski definition) is 4. The maximum atomic E-state index is 11.8. The van der Waals surface area contributed by atoms with Gasteiger partial charge in [0.1, 0.15) is 11.3 Å². The third kappa shape index (κ3) is 3.61. The molecular formula is C13H14ClNO4. The van der Waals surface area contributed by atoms with Crippen LogP contribution in [-0.4, -0.2) is 29.1 Å². The molecule has 1 aromatic carbocycles. The van der Waals surface area contributed by atoms with Crippen LogP contribution in [0.2, 0.25) is 5.02 Å². The van der Waals surface area contributed by atoms with Crippen LogP contribution in [0.4, 0.5) is 0 Å². The molecular weight excluding hydrogens is 270 g/mol. The van der Waals surface area contributed by atoms with Crippen LogP contribution >= 0.6 is 11.6 Å². The highest BCUT2D eigenvalue weighted by Crippen LogP contribution is 2.23. The first-order chi connectivity index (χ1) is 8.97. The van der Waals surface area contributed by atoms with Gasteiger partial charge in [-0.15, -0.1) is 0 Å². The summed E-state index contributed by atoms with van der Waals surface area (Å²) < 4.78 is 4.99. The van der Waals surface area contributed by atoms with E-state index in [0.717, 1.165) is 12.8 Å². The molecule has 1 aromatic rings. The lowest BCUT2D eigenvalue weighted by molar-refractivity contribution is -0.129. The molecule has 6 heteroatoms. The number of benzene rings is 1. The highest BCUT2D eigenvalue weighted by molar-refractivity contribution is 6.30. The lowest BCUT2D eigenvalue weighted by Crippen LogP contribution is -2.37. The Morgan fingerprint density at radius 1 is 1.47 bits per heavy atom. The molecule has 19 heavy (non-hydrogen) atoms. The van der Waals surface area contributed by atoms with Crippen molar-refractivity contribution in [3.05, 3.63) is 28.8 Å². The number of carbonyl (C=O) groups excluding carboxylic acids is 2. The summed E-state index contributed by atoms with van der Waals surface area (Å²) in [5, 5.41) is 12.6. The zero-order valence-electron chi connectivity index (χ0n) is 10.4. The maximum Gasteiger partial charge on any atom is 0.342 e. The molecule has 0 saturated heterocycles. The summed E-state index contributed by atoms with van der Waals surface area (Å²) in [4.78, 5) is 23.4. The second-order valence-corrected chi connectivity index (χ2v) is 4.93. The number of halogens is 1. The first kappa shape index (κ1) is 13.7. The largest absolute Gasteiger partial charge is 0.507 e. The van der Waals surface area contributed by atoms with Gasteiger partial charge in [0.05, 0.1) is 0 Å². The molecule has 2 N–H and O–H groups in total. The fourth-order valence-electron chi connectivity index (χ4n) is 1.50. The maximum absolute atomic E-state index is 11.8. The third-order valence-electron chi connectivity index (χ3n) is 2.76. The van der Waals surface area contributed by atoms with Crippen molar-refractivity contribution in [2.24, 2.45) is 0 Å². The molecule has 0 bridgehead atoms. The van der Waals surface area contributed by atoms with Gasteiger partial charge in [-0.25, -0.2) is 4.79 Å². The zero-order valence-corrected chi connectivity index (χ0v) is 11.1. The highest BCUT2D eigenvalue weighted by atomic mass is 35.5. The molecule has 102 valence electrons. The summed E-state index contributed by atoms with van der Waals surface area (Å²) in [7, 11) is 0. The van der Waals surface area contributed by atoms with E-state index in [0.29, 0.717) is 5.02 Å². The summed E-state index contributed by atoms with van der Waals surface area (Å²) in [6.45, 7) is 1.49. The number of nitrogens with one attached hydrogen (secondary N) is 1. The quantitative estimate of drug-likeness (QED) is 0.827. The Morgan fingerprint density at radius 2 is 2.16 bits per heavy atom. The molecule has 1 aliphatic carbocycles. The first-order valence-electron chi connectivity index (χ1n) is 5.97. The minimum atomic E-state index is -0.900. The molecule has 1 saturated carbocycles. The fourth-order valence-corrected chi connectivity index (χ4v) is 1.67. The van der Waals surface area contributed by atoms with Crippen molar-refractivity contribution in [2.75, 3.05) is 0 Å². The first-order valence-corrected chi connectivity index (χ1v) is 6.35. The van der Waals surface area contributed by atoms with Crippen LogP contribution in [0.3, 0.4) is 0 Å². The van der Waals surface area contributed by atoms with E-state index in [2.05, 4.69) is 5.32 Å². The van der Waals surface area contributed by atoms with E-state index in [9.17, 15) is 14.7 Å². The van der Waals surface area contributed by atoms with Crippen LogP contribution < -0.4 is 5.32 Å². The number of aromatic hydroxyl groups is 1. The number of phenols is 1. The second-order valence-electron chi connectivity index (χ2n) is 4.49. The molecule has 0 radical (unpaired) electrons. The van der Waals surface area contributed by atoms with Crippen molar-refractivity contribution in [3.63, 3.8) is 0 Å². The number of phenolic OH excluding ortho intramolecular Hbond substituents is 1. The minimum Gasteiger partial charge on any atom is -0.507 e. The van der Waals surface area contributed by atoms with Gasteiger partial charge in [0.25, 0.3) is 5.91 Å². The van der Waals surface area contributed by atoms with Crippen molar-refractivity contribution in [3.8, 4) is 5.75 Å². The average Bonchev–Trinajstić information content (AvgIpc) is 3.12. The van der Waals surface area contributed by atoms with Gasteiger partial charge in [-0.05, 0) is 38.0 Å². The molecule has 5 nitrogen and oxygen atoms in total. The lowest BCUT2D eigenvalue weighted by Gasteiger charge is -2.13. The van der Waals surface area contributed by atoms with E-state index >= 15 is 0 Å². The molecule has 0 aromatic heterocycles. The van der Waals surface area contributed by atoms with E-state index in [1.54, 1.807) is 0 Å². The zero-order chi connectivity index (χ0) is 14.0. The van der Waals surface area contributed by atoms with Crippen LogP contribution in [0, 0.1) is 0 Å². The van der Waals surface area contributed by atoms with Gasteiger partial charge in [-0.3, -0.25) is 4.79 Å². The minimum absolute atomic E-state index is 0.0181. The van der Waals surface area contributed by atoms with Gasteiger partial charge in [0.2, 0.25) is 0 Å². The molecule has 0 heterocycles. The molecule has 1 fully saturated rings. The number of carbonyl (C=O) groups is 2. The number of esters is 1. The van der Waals surface area contributed by atoms with Gasteiger partial charge < -0.3 is 15.2 Å². The summed E-state index contributed by atoms with van der Waals surface area (Å²) in [5.41, 5.74) is -0.0181. The van der Waals surface area contributed by atoms with Gasteiger partial charge in [0.15, 0.2) is 6.10 Å². The third-order valence-corrected chi connectivity index (χ3v) is 2.99. The van der Waals surface area contributed by atoms with E-state index in [1.165, 1.54) is 25.1 Å². The average molecular weight is 284 g/mol. The van der Waals surface area contributed by atoms with Crippen LogP contribution in [0.5, 0.6) is 5.75 Å². The lowest BCUT2D eigenvalue weighted by atomic mass is 10.2. The van der Waals surface area contributed by atoms with E-state index in [-0.39, 0.29) is 23.3 Å². The van der Waals surface area contributed by atoms with Crippen molar-refractivity contribution >= 4 is 23.5 Å². The summed E-state index contributed by atoms with van der Waals surface area (Å²) in [6, 6.07) is 4.27. The van der Waals surface area contributed by atoms with Crippen molar-refractivity contribution in [1.29, 1.82) is 0 Å². The van der Waals surface area contributed by atoms with Gasteiger partial charge in [0, 0.05) is 11.1 Å². The SMILES string of the molecule is C[C@H](OC(=O)c1ccc(Cl)cc1O)C(=O)NC1CC1. The second kappa shape index (κ2) is 5.48. The van der Waals surface area contributed by atoms with Crippen molar-refractivity contribution in [1.82, 2.24) is 5.32 Å². The number of amides is 1. The Morgan fingerprint density at radius 3 is 2.74 bits per heavy atom. The number of hydrogen-bond donors (Lipinski definition) is 2. The molecule has 0 spiro atoms. The fraction of sp³-hybridized carbons (Fsp3) is 0.385. The van der Waals surface area contributed by atoms with E-state index in [4.69, 9.17) is 16.3 Å². The number of rotatable bonds is 4. The molecule has 2 rings (SSSR count). The molecule has 0 unspecified atom stereocenters. The predicted octanol–water partition coefficient (Wildman–Crippen LogP) is 1.87. The molecule has 1 atom stereocenters. The summed E-state index contributed by atoms with van der Waals surface area (Å²) in [5.74, 6) is -1.36. The smallest absolute Gasteiger partial charge is 0.342 e. The van der Waals surface area contributed by atoms with Crippen LogP contribution in [-0.2, 0) is 9.53 Å². The van der Waals surface area contributed by atoms with Crippen LogP contribution in [0.1, 0.15) is 30.1 Å². The van der Waals surface area contributed by atoms with Gasteiger partial charge >= 0.3 is 5.97 Å².